The van der Waals surface area contributed by atoms with E-state index in [4.69, 9.17) is 9.47 Å². The Hall–Kier alpha value is -2.92. The van der Waals surface area contributed by atoms with Gasteiger partial charge in [-0.05, 0) is 84.7 Å². The van der Waals surface area contributed by atoms with E-state index in [1.165, 1.54) is 24.3 Å². The molecule has 0 radical (unpaired) electrons. The van der Waals surface area contributed by atoms with E-state index in [2.05, 4.69) is 13.8 Å². The maximum absolute atomic E-state index is 13.7. The first-order chi connectivity index (χ1) is 15.8. The van der Waals surface area contributed by atoms with Gasteiger partial charge in [0, 0.05) is 5.56 Å². The molecule has 0 spiro atoms. The third kappa shape index (κ3) is 6.11. The minimum Gasteiger partial charge on any atom is -0.496 e. The first-order valence-corrected chi connectivity index (χ1v) is 11.2. The van der Waals surface area contributed by atoms with E-state index in [1.54, 1.807) is 26.4 Å². The van der Waals surface area contributed by atoms with E-state index < -0.39 is 5.60 Å². The lowest BCUT2D eigenvalue weighted by Gasteiger charge is -2.31. The summed E-state index contributed by atoms with van der Waals surface area (Å²) in [6.45, 7) is 4.11. The maximum atomic E-state index is 13.7. The highest BCUT2D eigenvalue weighted by Gasteiger charge is 2.31. The molecule has 0 unspecified atom stereocenters. The molecule has 0 saturated carbocycles. The van der Waals surface area contributed by atoms with Gasteiger partial charge in [0.15, 0.2) is 0 Å². The van der Waals surface area contributed by atoms with E-state index in [1.807, 2.05) is 24.3 Å². The van der Waals surface area contributed by atoms with Crippen molar-refractivity contribution in [2.75, 3.05) is 14.2 Å². The fraction of sp³-hybridized carbons (Fsp3) is 0.357. The van der Waals surface area contributed by atoms with Crippen LogP contribution >= 0.6 is 0 Å². The molecule has 0 aromatic heterocycles. The molecule has 3 nitrogen and oxygen atoms in total. The number of hydrogen-bond acceptors (Lipinski definition) is 3. The summed E-state index contributed by atoms with van der Waals surface area (Å²) in [4.78, 5) is 0. The Bertz CT molecular complexity index is 1000. The Morgan fingerprint density at radius 3 is 1.61 bits per heavy atom. The second kappa shape index (κ2) is 10.8. The predicted molar refractivity (Wildman–Crippen MR) is 127 cm³/mol. The van der Waals surface area contributed by atoms with Crippen LogP contribution in [0.4, 0.5) is 8.78 Å². The molecule has 0 saturated heterocycles. The van der Waals surface area contributed by atoms with Gasteiger partial charge in [0.2, 0.25) is 0 Å². The Morgan fingerprint density at radius 1 is 0.788 bits per heavy atom. The second-order valence-corrected chi connectivity index (χ2v) is 8.74. The number of aliphatic hydroxyl groups is 1. The molecular weight excluding hydrogens is 422 g/mol. The first kappa shape index (κ1) is 24.7. The van der Waals surface area contributed by atoms with Crippen LogP contribution in [0.5, 0.6) is 11.5 Å². The van der Waals surface area contributed by atoms with Gasteiger partial charge in [-0.1, -0.05) is 38.1 Å². The second-order valence-electron chi connectivity index (χ2n) is 8.74. The molecule has 0 fully saturated rings. The maximum Gasteiger partial charge on any atom is 0.126 e. The zero-order valence-corrected chi connectivity index (χ0v) is 19.7. The van der Waals surface area contributed by atoms with Gasteiger partial charge in [-0.2, -0.15) is 0 Å². The Balaban J connectivity index is 1.99. The average molecular weight is 455 g/mol. The zero-order chi connectivity index (χ0) is 24.0. The van der Waals surface area contributed by atoms with Crippen molar-refractivity contribution in [1.29, 1.82) is 0 Å². The van der Waals surface area contributed by atoms with Crippen molar-refractivity contribution in [2.45, 2.75) is 51.0 Å². The van der Waals surface area contributed by atoms with Crippen LogP contribution in [0.3, 0.4) is 0 Å². The van der Waals surface area contributed by atoms with Gasteiger partial charge in [0.1, 0.15) is 23.1 Å². The molecule has 0 aliphatic rings. The van der Waals surface area contributed by atoms with E-state index in [9.17, 15) is 13.9 Å². The van der Waals surface area contributed by atoms with Crippen LogP contribution in [-0.4, -0.2) is 19.3 Å². The monoisotopic (exact) mass is 454 g/mol. The van der Waals surface area contributed by atoms with Gasteiger partial charge in [-0.15, -0.1) is 0 Å². The molecule has 0 aliphatic carbocycles. The lowest BCUT2D eigenvalue weighted by atomic mass is 9.81. The molecule has 5 heteroatoms. The molecule has 3 aromatic rings. The molecule has 3 aromatic carbocycles. The molecule has 3 rings (SSSR count). The van der Waals surface area contributed by atoms with Crippen LogP contribution < -0.4 is 9.47 Å². The average Bonchev–Trinajstić information content (AvgIpc) is 2.80. The van der Waals surface area contributed by atoms with Gasteiger partial charge < -0.3 is 14.6 Å². The molecule has 0 atom stereocenters. The van der Waals surface area contributed by atoms with Crippen molar-refractivity contribution in [3.05, 3.63) is 94.6 Å². The van der Waals surface area contributed by atoms with Crippen LogP contribution in [0.2, 0.25) is 0 Å². The largest absolute Gasteiger partial charge is 0.496 e. The van der Waals surface area contributed by atoms with E-state index in [0.717, 1.165) is 16.7 Å². The highest BCUT2D eigenvalue weighted by molar-refractivity contribution is 5.51. The van der Waals surface area contributed by atoms with E-state index >= 15 is 0 Å². The van der Waals surface area contributed by atoms with Crippen LogP contribution in [0.25, 0.3) is 0 Å². The molecule has 176 valence electrons. The normalized spacial score (nSPS) is 11.6. The van der Waals surface area contributed by atoms with E-state index in [-0.39, 0.29) is 17.6 Å². The zero-order valence-electron chi connectivity index (χ0n) is 19.7. The van der Waals surface area contributed by atoms with Crippen LogP contribution in [0.15, 0.2) is 60.7 Å². The smallest absolute Gasteiger partial charge is 0.126 e. The Morgan fingerprint density at radius 2 is 1.24 bits per heavy atom. The Labute approximate surface area is 195 Å². The van der Waals surface area contributed by atoms with Crippen molar-refractivity contribution < 1.29 is 23.4 Å². The molecule has 1 N–H and O–H groups in total. The molecule has 33 heavy (non-hydrogen) atoms. The fourth-order valence-electron chi connectivity index (χ4n) is 4.28. The number of rotatable bonds is 10. The van der Waals surface area contributed by atoms with Gasteiger partial charge in [-0.25, -0.2) is 8.78 Å². The molecule has 0 heterocycles. The van der Waals surface area contributed by atoms with E-state index in [0.29, 0.717) is 42.7 Å². The fourth-order valence-corrected chi connectivity index (χ4v) is 4.28. The van der Waals surface area contributed by atoms with Gasteiger partial charge in [-0.3, -0.25) is 0 Å². The molecular formula is C28H32F2O3. The highest BCUT2D eigenvalue weighted by atomic mass is 19.1. The van der Waals surface area contributed by atoms with Gasteiger partial charge >= 0.3 is 0 Å². The number of benzene rings is 3. The van der Waals surface area contributed by atoms with Crippen molar-refractivity contribution in [2.24, 2.45) is 0 Å². The number of hydrogen-bond donors (Lipinski definition) is 1. The lowest BCUT2D eigenvalue weighted by Crippen LogP contribution is -2.28. The topological polar surface area (TPSA) is 38.7 Å². The third-order valence-electron chi connectivity index (χ3n) is 6.09. The quantitative estimate of drug-likeness (QED) is 0.377. The van der Waals surface area contributed by atoms with Crippen molar-refractivity contribution in [3.8, 4) is 11.5 Å². The summed E-state index contributed by atoms with van der Waals surface area (Å²) in [6.07, 6.45) is 1.68. The molecule has 0 amide bonds. The standard InChI is InChI=1S/C28H32F2O3/c1-19(2)27-25(32-3)17-22(18-26(27)33-4)28(31,13-11-20-7-5-9-23(29)15-20)14-12-21-8-6-10-24(30)16-21/h5-10,15-19,31H,11-14H2,1-4H3. The van der Waals surface area contributed by atoms with Crippen molar-refractivity contribution in [1.82, 2.24) is 0 Å². The number of ether oxygens (including phenoxy) is 2. The summed E-state index contributed by atoms with van der Waals surface area (Å²) >= 11 is 0. The van der Waals surface area contributed by atoms with Gasteiger partial charge in [0.05, 0.1) is 19.8 Å². The van der Waals surface area contributed by atoms with Crippen molar-refractivity contribution >= 4 is 0 Å². The Kier molecular flexibility index (Phi) is 8.09. The summed E-state index contributed by atoms with van der Waals surface area (Å²) < 4.78 is 38.7. The number of methoxy groups -OCH3 is 2. The SMILES string of the molecule is COc1cc(C(O)(CCc2cccc(F)c2)CCc2cccc(F)c2)cc(OC)c1C(C)C. The van der Waals surface area contributed by atoms with Crippen LogP contribution in [0.1, 0.15) is 54.9 Å². The summed E-state index contributed by atoms with van der Waals surface area (Å²) in [5.41, 5.74) is 1.94. The summed E-state index contributed by atoms with van der Waals surface area (Å²) in [7, 11) is 3.20. The minimum atomic E-state index is -1.26. The minimum absolute atomic E-state index is 0.164. The molecule has 0 aliphatic heterocycles. The number of halogens is 2. The number of aryl methyl sites for hydroxylation is 2. The summed E-state index contributed by atoms with van der Waals surface area (Å²) in [5, 5.41) is 11.9. The highest BCUT2D eigenvalue weighted by Crippen LogP contribution is 2.42. The summed E-state index contributed by atoms with van der Waals surface area (Å²) in [5.74, 6) is 0.848. The summed E-state index contributed by atoms with van der Waals surface area (Å²) in [6, 6.07) is 16.5. The molecule has 0 bridgehead atoms. The van der Waals surface area contributed by atoms with Crippen LogP contribution in [-0.2, 0) is 18.4 Å². The predicted octanol–water partition coefficient (Wildman–Crippen LogP) is 6.56. The van der Waals surface area contributed by atoms with Crippen molar-refractivity contribution in [3.63, 3.8) is 0 Å². The van der Waals surface area contributed by atoms with Crippen LogP contribution in [0, 0.1) is 11.6 Å². The first-order valence-electron chi connectivity index (χ1n) is 11.2. The van der Waals surface area contributed by atoms with Gasteiger partial charge in [0.25, 0.3) is 0 Å². The third-order valence-corrected chi connectivity index (χ3v) is 6.09. The lowest BCUT2D eigenvalue weighted by molar-refractivity contribution is 0.0185.